The maximum absolute atomic E-state index is 14.0. The standard InChI is InChI=1S/C19H17F5N2O3S/c20-14-6-7-17(15(21)10-14)30(28,29)25-16(11-26-8-2-5-18(26)27)12-3-1-4-13(9-12)19(22,23)24/h1,3-4,6-7,9-10,16,25H,2,5,8,11H2. The van der Waals surface area contributed by atoms with E-state index in [9.17, 15) is 35.2 Å². The second-order valence-electron chi connectivity index (χ2n) is 6.82. The average Bonchev–Trinajstić information content (AvgIpc) is 3.05. The number of amides is 1. The smallest absolute Gasteiger partial charge is 0.341 e. The number of carbonyl (C=O) groups excluding carboxylic acids is 1. The summed E-state index contributed by atoms with van der Waals surface area (Å²) in [6, 6.07) is 4.58. The fourth-order valence-electron chi connectivity index (χ4n) is 3.20. The summed E-state index contributed by atoms with van der Waals surface area (Å²) in [4.78, 5) is 12.4. The van der Waals surface area contributed by atoms with Crippen molar-refractivity contribution in [3.05, 3.63) is 65.2 Å². The van der Waals surface area contributed by atoms with Crippen LogP contribution in [0.4, 0.5) is 22.0 Å². The largest absolute Gasteiger partial charge is 0.416 e. The molecule has 30 heavy (non-hydrogen) atoms. The predicted octanol–water partition coefficient (Wildman–Crippen LogP) is 3.63. The van der Waals surface area contributed by atoms with Crippen LogP contribution in [0.5, 0.6) is 0 Å². The van der Waals surface area contributed by atoms with E-state index in [0.717, 1.165) is 30.3 Å². The Bertz CT molecular complexity index is 1060. The summed E-state index contributed by atoms with van der Waals surface area (Å²) in [7, 11) is -4.57. The Morgan fingerprint density at radius 3 is 2.43 bits per heavy atom. The molecule has 1 heterocycles. The first-order valence-corrected chi connectivity index (χ1v) is 10.4. The lowest BCUT2D eigenvalue weighted by atomic mass is 10.0. The second-order valence-corrected chi connectivity index (χ2v) is 8.50. The van der Waals surface area contributed by atoms with E-state index in [0.29, 0.717) is 19.0 Å². The van der Waals surface area contributed by atoms with Crippen molar-refractivity contribution in [1.29, 1.82) is 0 Å². The highest BCUT2D eigenvalue weighted by Gasteiger charge is 2.33. The molecule has 5 nitrogen and oxygen atoms in total. The van der Waals surface area contributed by atoms with Gasteiger partial charge in [-0.2, -0.15) is 13.2 Å². The van der Waals surface area contributed by atoms with Crippen LogP contribution in [-0.2, 0) is 21.0 Å². The molecule has 1 amide bonds. The lowest BCUT2D eigenvalue weighted by molar-refractivity contribution is -0.137. The molecule has 0 aliphatic carbocycles. The maximum Gasteiger partial charge on any atom is 0.416 e. The first kappa shape index (κ1) is 22.2. The van der Waals surface area contributed by atoms with Crippen LogP contribution in [0.25, 0.3) is 0 Å². The van der Waals surface area contributed by atoms with Gasteiger partial charge in [0.05, 0.1) is 11.6 Å². The lowest BCUT2D eigenvalue weighted by Gasteiger charge is -2.25. The summed E-state index contributed by atoms with van der Waals surface area (Å²) in [5.41, 5.74) is -1.04. The number of nitrogens with zero attached hydrogens (tertiary/aromatic N) is 1. The summed E-state index contributed by atoms with van der Waals surface area (Å²) in [5, 5.41) is 0. The van der Waals surface area contributed by atoms with Gasteiger partial charge in [-0.3, -0.25) is 4.79 Å². The molecule has 2 aromatic carbocycles. The van der Waals surface area contributed by atoms with Crippen LogP contribution in [0, 0.1) is 11.6 Å². The van der Waals surface area contributed by atoms with Gasteiger partial charge in [0.15, 0.2) is 0 Å². The fourth-order valence-corrected chi connectivity index (χ4v) is 4.48. The van der Waals surface area contributed by atoms with E-state index in [1.807, 2.05) is 0 Å². The Morgan fingerprint density at radius 1 is 1.10 bits per heavy atom. The van der Waals surface area contributed by atoms with Gasteiger partial charge in [0.25, 0.3) is 0 Å². The summed E-state index contributed by atoms with van der Waals surface area (Å²) in [6.07, 6.45) is -3.88. The maximum atomic E-state index is 14.0. The summed E-state index contributed by atoms with van der Waals surface area (Å²) in [5.74, 6) is -2.59. The average molecular weight is 448 g/mol. The zero-order valence-electron chi connectivity index (χ0n) is 15.4. The van der Waals surface area contributed by atoms with Gasteiger partial charge < -0.3 is 4.90 Å². The molecule has 11 heteroatoms. The van der Waals surface area contributed by atoms with Gasteiger partial charge in [-0.25, -0.2) is 21.9 Å². The quantitative estimate of drug-likeness (QED) is 0.687. The number of hydrogen-bond acceptors (Lipinski definition) is 3. The van der Waals surface area contributed by atoms with Crippen molar-refractivity contribution < 1.29 is 35.2 Å². The first-order chi connectivity index (χ1) is 14.0. The van der Waals surface area contributed by atoms with Crippen molar-refractivity contribution in [2.24, 2.45) is 0 Å². The topological polar surface area (TPSA) is 66.5 Å². The summed E-state index contributed by atoms with van der Waals surface area (Å²) >= 11 is 0. The molecule has 0 aromatic heterocycles. The minimum absolute atomic E-state index is 0.0457. The highest BCUT2D eigenvalue weighted by molar-refractivity contribution is 7.89. The van der Waals surface area contributed by atoms with E-state index in [-0.39, 0.29) is 24.4 Å². The third-order valence-corrected chi connectivity index (χ3v) is 6.18. The molecule has 2 aromatic rings. The molecule has 3 rings (SSSR count). The van der Waals surface area contributed by atoms with Gasteiger partial charge >= 0.3 is 6.18 Å². The third-order valence-electron chi connectivity index (χ3n) is 4.67. The number of likely N-dealkylation sites (tertiary alicyclic amines) is 1. The van der Waals surface area contributed by atoms with Crippen LogP contribution in [0.1, 0.15) is 30.0 Å². The van der Waals surface area contributed by atoms with Gasteiger partial charge in [0.2, 0.25) is 15.9 Å². The van der Waals surface area contributed by atoms with Crippen LogP contribution in [0.2, 0.25) is 0 Å². The van der Waals surface area contributed by atoms with Crippen molar-refractivity contribution in [2.75, 3.05) is 13.1 Å². The fraction of sp³-hybridized carbons (Fsp3) is 0.316. The number of rotatable bonds is 6. The number of alkyl halides is 3. The molecule has 1 unspecified atom stereocenters. The molecule has 0 bridgehead atoms. The highest BCUT2D eigenvalue weighted by atomic mass is 32.2. The molecular formula is C19H17F5N2O3S. The Kier molecular flexibility index (Phi) is 6.14. The number of hydrogen-bond donors (Lipinski definition) is 1. The molecule has 1 atom stereocenters. The van der Waals surface area contributed by atoms with E-state index >= 15 is 0 Å². The van der Waals surface area contributed by atoms with Gasteiger partial charge in [-0.15, -0.1) is 0 Å². The van der Waals surface area contributed by atoms with E-state index in [4.69, 9.17) is 0 Å². The van der Waals surface area contributed by atoms with Crippen molar-refractivity contribution in [2.45, 2.75) is 30.0 Å². The van der Waals surface area contributed by atoms with Crippen molar-refractivity contribution in [3.8, 4) is 0 Å². The monoisotopic (exact) mass is 448 g/mol. The number of halogens is 5. The Labute approximate surface area is 169 Å². The van der Waals surface area contributed by atoms with Crippen LogP contribution in [0.15, 0.2) is 47.4 Å². The zero-order valence-corrected chi connectivity index (χ0v) is 16.2. The van der Waals surface area contributed by atoms with Crippen LogP contribution >= 0.6 is 0 Å². The van der Waals surface area contributed by atoms with Crippen LogP contribution < -0.4 is 4.72 Å². The molecule has 0 spiro atoms. The van der Waals surface area contributed by atoms with Crippen molar-refractivity contribution in [3.63, 3.8) is 0 Å². The number of nitrogens with one attached hydrogen (secondary N) is 1. The molecule has 162 valence electrons. The molecule has 1 fully saturated rings. The van der Waals surface area contributed by atoms with Crippen LogP contribution in [0.3, 0.4) is 0 Å². The first-order valence-electron chi connectivity index (χ1n) is 8.90. The summed E-state index contributed by atoms with van der Waals surface area (Å²) < 4.78 is 94.0. The minimum Gasteiger partial charge on any atom is -0.341 e. The Morgan fingerprint density at radius 2 is 1.83 bits per heavy atom. The van der Waals surface area contributed by atoms with E-state index in [1.165, 1.54) is 11.0 Å². The van der Waals surface area contributed by atoms with E-state index < -0.39 is 44.3 Å². The van der Waals surface area contributed by atoms with Gasteiger partial charge in [-0.1, -0.05) is 12.1 Å². The molecule has 0 radical (unpaired) electrons. The zero-order chi connectivity index (χ0) is 22.1. The third kappa shape index (κ3) is 4.96. The lowest BCUT2D eigenvalue weighted by Crippen LogP contribution is -2.39. The predicted molar refractivity (Wildman–Crippen MR) is 96.7 cm³/mol. The van der Waals surface area contributed by atoms with Gasteiger partial charge in [0.1, 0.15) is 16.5 Å². The minimum atomic E-state index is -4.66. The van der Waals surface area contributed by atoms with E-state index in [2.05, 4.69) is 4.72 Å². The van der Waals surface area contributed by atoms with Crippen LogP contribution in [-0.4, -0.2) is 32.3 Å². The summed E-state index contributed by atoms with van der Waals surface area (Å²) in [6.45, 7) is 0.0864. The highest BCUT2D eigenvalue weighted by Crippen LogP contribution is 2.32. The number of benzene rings is 2. The molecule has 1 aliphatic heterocycles. The molecule has 0 saturated carbocycles. The van der Waals surface area contributed by atoms with Crippen molar-refractivity contribution >= 4 is 15.9 Å². The number of carbonyl (C=O) groups is 1. The molecular weight excluding hydrogens is 431 g/mol. The normalized spacial score (nSPS) is 16.2. The van der Waals surface area contributed by atoms with Crippen molar-refractivity contribution in [1.82, 2.24) is 9.62 Å². The number of sulfonamides is 1. The van der Waals surface area contributed by atoms with E-state index in [1.54, 1.807) is 0 Å². The second kappa shape index (κ2) is 8.31. The molecule has 1 N–H and O–H groups in total. The molecule has 1 saturated heterocycles. The van der Waals surface area contributed by atoms with Gasteiger partial charge in [-0.05, 0) is 36.2 Å². The Hall–Kier alpha value is -2.53. The van der Waals surface area contributed by atoms with Gasteiger partial charge in [0, 0.05) is 25.6 Å². The molecule has 1 aliphatic rings. The SMILES string of the molecule is O=C1CCCN1CC(NS(=O)(=O)c1ccc(F)cc1F)c1cccc(C(F)(F)F)c1. The Balaban J connectivity index is 1.98.